The molecule has 0 unspecified atom stereocenters. The third-order valence-corrected chi connectivity index (χ3v) is 5.93. The number of hydrogen-bond donors (Lipinski definition) is 2. The Kier molecular flexibility index (Phi) is 5.39. The van der Waals surface area contributed by atoms with Crippen molar-refractivity contribution in [3.63, 3.8) is 0 Å². The maximum atomic E-state index is 12.9. The molecule has 3 atom stereocenters. The van der Waals surface area contributed by atoms with Gasteiger partial charge in [-0.1, -0.05) is 36.4 Å². The van der Waals surface area contributed by atoms with Crippen molar-refractivity contribution in [3.05, 3.63) is 59.8 Å². The van der Waals surface area contributed by atoms with Gasteiger partial charge in [0, 0.05) is 31.4 Å². The summed E-state index contributed by atoms with van der Waals surface area (Å²) < 4.78 is 0. The number of fused-ring (bicyclic) bond motifs is 1. The normalized spacial score (nSPS) is 24.6. The largest absolute Gasteiger partial charge is 0.368 e. The summed E-state index contributed by atoms with van der Waals surface area (Å²) >= 11 is 0. The van der Waals surface area contributed by atoms with Crippen LogP contribution in [-0.4, -0.2) is 41.5 Å². The van der Waals surface area contributed by atoms with Gasteiger partial charge >= 0.3 is 0 Å². The highest BCUT2D eigenvalue weighted by molar-refractivity contribution is 5.80. The van der Waals surface area contributed by atoms with Crippen LogP contribution >= 0.6 is 0 Å². The van der Waals surface area contributed by atoms with Crippen LogP contribution < -0.4 is 10.6 Å². The summed E-state index contributed by atoms with van der Waals surface area (Å²) in [6, 6.07) is 15.4. The molecular weight excluding hydrogens is 336 g/mol. The van der Waals surface area contributed by atoms with Gasteiger partial charge in [-0.25, -0.2) is 4.98 Å². The summed E-state index contributed by atoms with van der Waals surface area (Å²) in [6.07, 6.45) is 5.03. The summed E-state index contributed by atoms with van der Waals surface area (Å²) in [5, 5.41) is 6.45. The van der Waals surface area contributed by atoms with Crippen LogP contribution in [0.2, 0.25) is 0 Å². The first-order valence-electron chi connectivity index (χ1n) is 9.98. The first-order valence-corrected chi connectivity index (χ1v) is 9.98. The van der Waals surface area contributed by atoms with Crippen molar-refractivity contribution in [2.75, 3.05) is 25.0 Å². The predicted molar refractivity (Wildman–Crippen MR) is 107 cm³/mol. The van der Waals surface area contributed by atoms with Gasteiger partial charge in [0.15, 0.2) is 0 Å². The average molecular weight is 364 g/mol. The predicted octanol–water partition coefficient (Wildman–Crippen LogP) is 3.14. The summed E-state index contributed by atoms with van der Waals surface area (Å²) in [4.78, 5) is 19.7. The van der Waals surface area contributed by atoms with Gasteiger partial charge in [0.1, 0.15) is 5.82 Å². The molecule has 4 rings (SSSR count). The number of anilines is 1. The molecule has 2 aliphatic rings. The fraction of sp³-hybridized carbons (Fsp3) is 0.455. The number of aromatic nitrogens is 1. The molecule has 1 aromatic heterocycles. The van der Waals surface area contributed by atoms with Crippen molar-refractivity contribution < 1.29 is 4.79 Å². The lowest BCUT2D eigenvalue weighted by atomic mass is 9.93. The standard InChI is InChI=1S/C22H28N4O/c1-16-7-5-11-23-21(16)24-12-13-25-22(27)18-15-20(17-8-3-2-4-9-17)26-14-6-10-19(18)26/h2-5,7-9,11,18-20H,6,10,12-15H2,1H3,(H,23,24)(H,25,27)/t18-,19+,20-/m0/s1. The van der Waals surface area contributed by atoms with Crippen LogP contribution in [0.5, 0.6) is 0 Å². The molecule has 3 heterocycles. The number of aryl methyl sites for hydroxylation is 1. The molecule has 27 heavy (non-hydrogen) atoms. The molecule has 2 N–H and O–H groups in total. The van der Waals surface area contributed by atoms with Crippen molar-refractivity contribution in [2.24, 2.45) is 5.92 Å². The van der Waals surface area contributed by atoms with Crippen LogP contribution in [-0.2, 0) is 4.79 Å². The fourth-order valence-corrected chi connectivity index (χ4v) is 4.62. The van der Waals surface area contributed by atoms with Crippen LogP contribution in [0.1, 0.15) is 36.4 Å². The Morgan fingerprint density at radius 3 is 2.85 bits per heavy atom. The van der Waals surface area contributed by atoms with E-state index in [1.54, 1.807) is 6.20 Å². The van der Waals surface area contributed by atoms with E-state index in [1.165, 1.54) is 12.0 Å². The number of rotatable bonds is 6. The molecule has 2 fully saturated rings. The number of nitrogens with one attached hydrogen (secondary N) is 2. The van der Waals surface area contributed by atoms with Crippen LogP contribution in [0.4, 0.5) is 5.82 Å². The lowest BCUT2D eigenvalue weighted by Crippen LogP contribution is -2.39. The van der Waals surface area contributed by atoms with Gasteiger partial charge in [-0.15, -0.1) is 0 Å². The van der Waals surface area contributed by atoms with E-state index in [0.29, 0.717) is 25.2 Å². The van der Waals surface area contributed by atoms with Crippen LogP contribution in [0.15, 0.2) is 48.7 Å². The molecule has 2 aliphatic heterocycles. The molecule has 0 spiro atoms. The summed E-state index contributed by atoms with van der Waals surface area (Å²) in [6.45, 7) is 4.44. The Bertz CT molecular complexity index is 779. The Morgan fingerprint density at radius 2 is 2.04 bits per heavy atom. The van der Waals surface area contributed by atoms with Gasteiger partial charge in [0.25, 0.3) is 0 Å². The maximum Gasteiger partial charge on any atom is 0.224 e. The van der Waals surface area contributed by atoms with Gasteiger partial charge in [-0.3, -0.25) is 9.69 Å². The highest BCUT2D eigenvalue weighted by Crippen LogP contribution is 2.44. The second-order valence-electron chi connectivity index (χ2n) is 7.60. The van der Waals surface area contributed by atoms with Crippen molar-refractivity contribution in [2.45, 2.75) is 38.3 Å². The van der Waals surface area contributed by atoms with E-state index in [0.717, 1.165) is 30.8 Å². The van der Waals surface area contributed by atoms with Crippen LogP contribution in [0.25, 0.3) is 0 Å². The molecule has 1 amide bonds. The first kappa shape index (κ1) is 18.0. The van der Waals surface area contributed by atoms with Gasteiger partial charge in [0.2, 0.25) is 5.91 Å². The molecule has 2 saturated heterocycles. The smallest absolute Gasteiger partial charge is 0.224 e. The number of carbonyl (C=O) groups excluding carboxylic acids is 1. The molecule has 0 radical (unpaired) electrons. The number of pyridine rings is 1. The van der Waals surface area contributed by atoms with E-state index in [-0.39, 0.29) is 11.8 Å². The second kappa shape index (κ2) is 8.09. The zero-order valence-corrected chi connectivity index (χ0v) is 15.9. The highest BCUT2D eigenvalue weighted by Gasteiger charge is 2.46. The monoisotopic (exact) mass is 364 g/mol. The molecule has 0 aliphatic carbocycles. The Hall–Kier alpha value is -2.40. The van der Waals surface area contributed by atoms with Crippen LogP contribution in [0.3, 0.4) is 0 Å². The van der Waals surface area contributed by atoms with Crippen LogP contribution in [0, 0.1) is 12.8 Å². The SMILES string of the molecule is Cc1cccnc1NCCNC(=O)[C@H]1C[C@@H](c2ccccc2)N2CCC[C@H]12. The average Bonchev–Trinajstić information content (AvgIpc) is 3.30. The van der Waals surface area contributed by atoms with E-state index < -0.39 is 0 Å². The topological polar surface area (TPSA) is 57.3 Å². The van der Waals surface area contributed by atoms with Crippen molar-refractivity contribution in [1.29, 1.82) is 0 Å². The van der Waals surface area contributed by atoms with Gasteiger partial charge < -0.3 is 10.6 Å². The van der Waals surface area contributed by atoms with Gasteiger partial charge in [-0.2, -0.15) is 0 Å². The summed E-state index contributed by atoms with van der Waals surface area (Å²) in [7, 11) is 0. The van der Waals surface area contributed by atoms with E-state index in [1.807, 2.05) is 19.1 Å². The number of benzene rings is 1. The minimum Gasteiger partial charge on any atom is -0.368 e. The Labute approximate surface area is 161 Å². The minimum atomic E-state index is 0.0919. The molecule has 0 saturated carbocycles. The Balaban J connectivity index is 1.33. The zero-order valence-electron chi connectivity index (χ0n) is 15.9. The maximum absolute atomic E-state index is 12.9. The first-order chi connectivity index (χ1) is 13.2. The lowest BCUT2D eigenvalue weighted by Gasteiger charge is -2.24. The quantitative estimate of drug-likeness (QED) is 0.773. The molecule has 5 nitrogen and oxygen atoms in total. The van der Waals surface area contributed by atoms with Crippen molar-refractivity contribution in [3.8, 4) is 0 Å². The van der Waals surface area contributed by atoms with E-state index >= 15 is 0 Å². The number of nitrogens with zero attached hydrogens (tertiary/aromatic N) is 2. The van der Waals surface area contributed by atoms with Gasteiger partial charge in [-0.05, 0) is 49.9 Å². The van der Waals surface area contributed by atoms with Crippen molar-refractivity contribution in [1.82, 2.24) is 15.2 Å². The summed E-state index contributed by atoms with van der Waals surface area (Å²) in [5.41, 5.74) is 2.46. The Morgan fingerprint density at radius 1 is 1.19 bits per heavy atom. The van der Waals surface area contributed by atoms with E-state index in [2.05, 4.69) is 50.8 Å². The molecule has 142 valence electrons. The molecule has 0 bridgehead atoms. The molecule has 2 aromatic rings. The second-order valence-corrected chi connectivity index (χ2v) is 7.60. The third-order valence-electron chi connectivity index (χ3n) is 5.93. The summed E-state index contributed by atoms with van der Waals surface area (Å²) in [5.74, 6) is 1.18. The molecule has 1 aromatic carbocycles. The van der Waals surface area contributed by atoms with E-state index in [9.17, 15) is 4.79 Å². The highest BCUT2D eigenvalue weighted by atomic mass is 16.2. The minimum absolute atomic E-state index is 0.0919. The lowest BCUT2D eigenvalue weighted by molar-refractivity contribution is -0.125. The number of hydrogen-bond acceptors (Lipinski definition) is 4. The molecular formula is C22H28N4O. The van der Waals surface area contributed by atoms with E-state index in [4.69, 9.17) is 0 Å². The fourth-order valence-electron chi connectivity index (χ4n) is 4.62. The van der Waals surface area contributed by atoms with Gasteiger partial charge in [0.05, 0.1) is 5.92 Å². The number of carbonyl (C=O) groups is 1. The third kappa shape index (κ3) is 3.83. The van der Waals surface area contributed by atoms with Crippen molar-refractivity contribution >= 4 is 11.7 Å². The molecule has 5 heteroatoms. The zero-order chi connectivity index (χ0) is 18.6. The number of amides is 1.